The normalized spacial score (nSPS) is 16.2. The summed E-state index contributed by atoms with van der Waals surface area (Å²) in [6, 6.07) is 11.5. The smallest absolute Gasteiger partial charge is 0.317 e. The second-order valence-corrected chi connectivity index (χ2v) is 12.7. The molecule has 0 fully saturated rings. The van der Waals surface area contributed by atoms with E-state index in [2.05, 4.69) is 24.1 Å². The van der Waals surface area contributed by atoms with Gasteiger partial charge in [-0.15, -0.1) is 11.8 Å². The van der Waals surface area contributed by atoms with Crippen LogP contribution >= 0.6 is 11.8 Å². The number of thioether (sulfide) groups is 1. The van der Waals surface area contributed by atoms with Gasteiger partial charge in [-0.1, -0.05) is 39.5 Å². The van der Waals surface area contributed by atoms with E-state index in [0.717, 1.165) is 60.4 Å². The highest BCUT2D eigenvalue weighted by atomic mass is 32.2. The molecule has 2 N–H and O–H groups in total. The maximum atomic E-state index is 14.1. The largest absolute Gasteiger partial charge is 0.497 e. The maximum absolute atomic E-state index is 14.1. The lowest BCUT2D eigenvalue weighted by molar-refractivity contribution is -0.136. The third kappa shape index (κ3) is 7.21. The number of fused-ring (bicyclic) bond motifs is 1. The van der Waals surface area contributed by atoms with Crippen molar-refractivity contribution < 1.29 is 23.1 Å². The summed E-state index contributed by atoms with van der Waals surface area (Å²) in [5, 5.41) is 12.0. The lowest BCUT2D eigenvalue weighted by Gasteiger charge is -2.37. The molecule has 0 saturated carbocycles. The molecule has 2 aromatic rings. The van der Waals surface area contributed by atoms with Gasteiger partial charge in [0.1, 0.15) is 5.75 Å². The zero-order valence-corrected chi connectivity index (χ0v) is 24.0. The molecule has 2 aromatic carbocycles. The number of carboxylic acid groups (broad SMARTS) is 1. The van der Waals surface area contributed by atoms with Gasteiger partial charge in [0.25, 0.3) is 0 Å². The lowest BCUT2D eigenvalue weighted by atomic mass is 9.79. The van der Waals surface area contributed by atoms with Crippen molar-refractivity contribution in [2.24, 2.45) is 5.41 Å². The molecule has 0 aromatic heterocycles. The Morgan fingerprint density at radius 3 is 2.32 bits per heavy atom. The van der Waals surface area contributed by atoms with Gasteiger partial charge in [0, 0.05) is 29.1 Å². The molecule has 0 unspecified atom stereocenters. The van der Waals surface area contributed by atoms with Crippen molar-refractivity contribution in [3.63, 3.8) is 0 Å². The summed E-state index contributed by atoms with van der Waals surface area (Å²) in [4.78, 5) is 14.5. The average molecular weight is 549 g/mol. The van der Waals surface area contributed by atoms with Crippen molar-refractivity contribution in [3.8, 4) is 5.75 Å². The summed E-state index contributed by atoms with van der Waals surface area (Å²) in [5.41, 5.74) is 2.04. The van der Waals surface area contributed by atoms with E-state index in [4.69, 9.17) is 9.84 Å². The number of hydrogen-bond acceptors (Lipinski definition) is 7. The van der Waals surface area contributed by atoms with Gasteiger partial charge in [0.05, 0.1) is 30.0 Å². The van der Waals surface area contributed by atoms with Crippen LogP contribution in [0.2, 0.25) is 0 Å². The van der Waals surface area contributed by atoms with Crippen LogP contribution in [0.25, 0.3) is 0 Å². The van der Waals surface area contributed by atoms with Gasteiger partial charge in [-0.3, -0.25) is 4.79 Å². The van der Waals surface area contributed by atoms with Gasteiger partial charge >= 0.3 is 5.97 Å². The first-order valence-electron chi connectivity index (χ1n) is 13.0. The number of aliphatic carboxylic acids is 1. The number of nitrogens with one attached hydrogen (secondary N) is 1. The van der Waals surface area contributed by atoms with E-state index in [0.29, 0.717) is 17.1 Å². The Bertz CT molecular complexity index is 1160. The monoisotopic (exact) mass is 548 g/mol. The predicted octanol–water partition coefficient (Wildman–Crippen LogP) is 5.88. The van der Waals surface area contributed by atoms with E-state index in [1.54, 1.807) is 13.2 Å². The highest BCUT2D eigenvalue weighted by molar-refractivity contribution is 7.98. The van der Waals surface area contributed by atoms with Crippen LogP contribution in [0.3, 0.4) is 0 Å². The SMILES string of the molecule is CCCCC1(CCCC)CN(c2ccc(OC)cc2)c2cc(SC)c(CNCC(=O)O)cc2S(=O)(=O)C1. The van der Waals surface area contributed by atoms with Crippen molar-refractivity contribution >= 4 is 38.9 Å². The Morgan fingerprint density at radius 2 is 1.78 bits per heavy atom. The van der Waals surface area contributed by atoms with Gasteiger partial charge in [0.15, 0.2) is 9.84 Å². The van der Waals surface area contributed by atoms with Crippen LogP contribution in [-0.2, 0) is 21.2 Å². The van der Waals surface area contributed by atoms with Crippen LogP contribution in [0.1, 0.15) is 57.9 Å². The van der Waals surface area contributed by atoms with Crippen LogP contribution < -0.4 is 15.0 Å². The van der Waals surface area contributed by atoms with E-state index in [9.17, 15) is 13.2 Å². The Kier molecular flexibility index (Phi) is 10.3. The average Bonchev–Trinajstić information content (AvgIpc) is 2.97. The summed E-state index contributed by atoms with van der Waals surface area (Å²) < 4.78 is 33.5. The number of methoxy groups -OCH3 is 1. The molecule has 0 atom stereocenters. The first kappa shape index (κ1) is 29.3. The Morgan fingerprint density at radius 1 is 1.14 bits per heavy atom. The second-order valence-electron chi connectivity index (χ2n) is 9.88. The molecule has 37 heavy (non-hydrogen) atoms. The number of sulfone groups is 1. The van der Waals surface area contributed by atoms with Crippen molar-refractivity contribution in [2.75, 3.05) is 37.1 Å². The standard InChI is InChI=1S/C28H40N2O5S2/c1-5-7-13-28(14-8-6-2)19-30(22-9-11-23(35-3)12-10-22)24-16-25(36-4)21(17-29-18-27(31)32)15-26(24)37(33,34)20-28/h9-12,15-16,29H,5-8,13-14,17-20H2,1-4H3,(H,31,32). The summed E-state index contributed by atoms with van der Waals surface area (Å²) in [6.45, 7) is 5.01. The molecule has 9 heteroatoms. The number of carboxylic acids is 1. The van der Waals surface area contributed by atoms with Gasteiger partial charge in [-0.05, 0) is 61.1 Å². The third-order valence-electron chi connectivity index (χ3n) is 7.07. The molecule has 0 radical (unpaired) electrons. The molecule has 0 aliphatic carbocycles. The molecule has 204 valence electrons. The van der Waals surface area contributed by atoms with Crippen LogP contribution in [0, 0.1) is 5.41 Å². The van der Waals surface area contributed by atoms with Gasteiger partial charge < -0.3 is 20.1 Å². The maximum Gasteiger partial charge on any atom is 0.317 e. The number of unbranched alkanes of at least 4 members (excludes halogenated alkanes) is 2. The number of nitrogens with zero attached hydrogens (tertiary/aromatic N) is 1. The number of hydrogen-bond donors (Lipinski definition) is 2. The molecule has 1 aliphatic rings. The summed E-state index contributed by atoms with van der Waals surface area (Å²) in [6.07, 6.45) is 7.65. The summed E-state index contributed by atoms with van der Waals surface area (Å²) >= 11 is 1.54. The van der Waals surface area contributed by atoms with E-state index in [1.807, 2.05) is 36.6 Å². The van der Waals surface area contributed by atoms with Crippen LogP contribution in [0.4, 0.5) is 11.4 Å². The molecule has 3 rings (SSSR count). The zero-order chi connectivity index (χ0) is 27.1. The molecule has 1 aliphatic heterocycles. The zero-order valence-electron chi connectivity index (χ0n) is 22.4. The molecule has 0 spiro atoms. The van der Waals surface area contributed by atoms with Crippen LogP contribution in [0.15, 0.2) is 46.2 Å². The highest BCUT2D eigenvalue weighted by Crippen LogP contribution is 2.46. The highest BCUT2D eigenvalue weighted by Gasteiger charge is 2.42. The van der Waals surface area contributed by atoms with E-state index in [-0.39, 0.29) is 24.3 Å². The third-order valence-corrected chi connectivity index (χ3v) is 9.88. The molecule has 1 heterocycles. The second kappa shape index (κ2) is 13.0. The Balaban J connectivity index is 2.21. The first-order valence-corrected chi connectivity index (χ1v) is 15.8. The van der Waals surface area contributed by atoms with Gasteiger partial charge in [0.2, 0.25) is 0 Å². The van der Waals surface area contributed by atoms with E-state index >= 15 is 0 Å². The molecule has 0 saturated heterocycles. The molecular weight excluding hydrogens is 508 g/mol. The van der Waals surface area contributed by atoms with E-state index in [1.165, 1.54) is 11.8 Å². The van der Waals surface area contributed by atoms with E-state index < -0.39 is 15.8 Å². The minimum Gasteiger partial charge on any atom is -0.497 e. The fourth-order valence-electron chi connectivity index (χ4n) is 5.15. The van der Waals surface area contributed by atoms with Crippen molar-refractivity contribution in [1.82, 2.24) is 5.32 Å². The number of benzene rings is 2. The Hall–Kier alpha value is -2.23. The number of ether oxygens (including phenoxy) is 1. The lowest BCUT2D eigenvalue weighted by Crippen LogP contribution is -2.38. The fraction of sp³-hybridized carbons (Fsp3) is 0.536. The Labute approximate surface area is 225 Å². The minimum absolute atomic E-state index is 0.111. The molecule has 0 amide bonds. The van der Waals surface area contributed by atoms with Crippen molar-refractivity contribution in [1.29, 1.82) is 0 Å². The predicted molar refractivity (Wildman–Crippen MR) is 151 cm³/mol. The summed E-state index contributed by atoms with van der Waals surface area (Å²) in [7, 11) is -1.98. The molecule has 0 bridgehead atoms. The first-order chi connectivity index (χ1) is 17.7. The van der Waals surface area contributed by atoms with Crippen LogP contribution in [0.5, 0.6) is 5.75 Å². The quantitative estimate of drug-likeness (QED) is 0.300. The minimum atomic E-state index is -3.61. The van der Waals surface area contributed by atoms with Crippen LogP contribution in [-0.4, -0.2) is 51.7 Å². The van der Waals surface area contributed by atoms with Crippen molar-refractivity contribution in [3.05, 3.63) is 42.0 Å². The number of rotatable bonds is 13. The number of carbonyl (C=O) groups is 1. The van der Waals surface area contributed by atoms with Gasteiger partial charge in [-0.2, -0.15) is 0 Å². The molecular formula is C28H40N2O5S2. The summed E-state index contributed by atoms with van der Waals surface area (Å²) in [5.74, 6) is -0.0880. The fourth-order valence-corrected chi connectivity index (χ4v) is 7.93. The topological polar surface area (TPSA) is 95.9 Å². The molecule has 7 nitrogen and oxygen atoms in total. The number of anilines is 2. The van der Waals surface area contributed by atoms with Gasteiger partial charge in [-0.25, -0.2) is 8.42 Å². The van der Waals surface area contributed by atoms with Crippen molar-refractivity contribution in [2.45, 2.75) is 68.7 Å².